The Morgan fingerprint density at radius 1 is 1.38 bits per heavy atom. The third kappa shape index (κ3) is 3.43. The first kappa shape index (κ1) is 16.1. The molecule has 2 heterocycles. The molecule has 0 fully saturated rings. The zero-order chi connectivity index (χ0) is 17.1. The van der Waals surface area contributed by atoms with E-state index in [0.717, 1.165) is 0 Å². The van der Waals surface area contributed by atoms with Gasteiger partial charge in [-0.1, -0.05) is 0 Å². The van der Waals surface area contributed by atoms with Gasteiger partial charge in [0.2, 0.25) is 5.91 Å². The van der Waals surface area contributed by atoms with Crippen LogP contribution in [0.25, 0.3) is 5.69 Å². The lowest BCUT2D eigenvalue weighted by Crippen LogP contribution is -2.19. The maximum absolute atomic E-state index is 13.0. The summed E-state index contributed by atoms with van der Waals surface area (Å²) in [5.74, 6) is -0.563. The number of nitrogens with one attached hydrogen (secondary N) is 2. The molecule has 3 rings (SSSR count). The fraction of sp³-hybridized carbons (Fsp3) is 0.188. The number of hydrogen-bond acceptors (Lipinski definition) is 4. The lowest BCUT2D eigenvalue weighted by atomic mass is 10.1. The summed E-state index contributed by atoms with van der Waals surface area (Å²) in [7, 11) is 0. The molecule has 0 spiro atoms. The first-order chi connectivity index (χ1) is 11.5. The monoisotopic (exact) mass is 346 g/mol. The molecule has 0 aliphatic heterocycles. The average molecular weight is 346 g/mol. The third-order valence-electron chi connectivity index (χ3n) is 3.56. The fourth-order valence-electron chi connectivity index (χ4n) is 2.35. The van der Waals surface area contributed by atoms with Gasteiger partial charge in [-0.2, -0.15) is 0 Å². The Morgan fingerprint density at radius 2 is 2.12 bits per heavy atom. The van der Waals surface area contributed by atoms with E-state index in [9.17, 15) is 14.0 Å². The molecule has 0 radical (unpaired) electrons. The van der Waals surface area contributed by atoms with Crippen LogP contribution in [0, 0.1) is 12.7 Å². The molecule has 124 valence electrons. The molecule has 0 aliphatic rings. The van der Waals surface area contributed by atoms with E-state index in [1.807, 2.05) is 0 Å². The van der Waals surface area contributed by atoms with Gasteiger partial charge in [0, 0.05) is 29.3 Å². The minimum absolute atomic E-state index is 0.178. The molecule has 2 aromatic heterocycles. The van der Waals surface area contributed by atoms with Gasteiger partial charge < -0.3 is 5.32 Å². The van der Waals surface area contributed by atoms with Crippen LogP contribution in [0.15, 0.2) is 40.6 Å². The summed E-state index contributed by atoms with van der Waals surface area (Å²) in [5, 5.41) is 7.95. The SMILES string of the molecule is Cc1[nH]n(-c2ccc(F)cc2)c(=O)c1CCC(=O)Nc1nccs1. The molecule has 3 aromatic rings. The lowest BCUT2D eigenvalue weighted by molar-refractivity contribution is -0.116. The van der Waals surface area contributed by atoms with Crippen molar-refractivity contribution in [1.82, 2.24) is 14.8 Å². The number of amides is 1. The van der Waals surface area contributed by atoms with Gasteiger partial charge in [-0.15, -0.1) is 11.3 Å². The number of hydrogen-bond donors (Lipinski definition) is 2. The molecule has 1 amide bonds. The quantitative estimate of drug-likeness (QED) is 0.745. The highest BCUT2D eigenvalue weighted by molar-refractivity contribution is 7.13. The molecule has 8 heteroatoms. The highest BCUT2D eigenvalue weighted by atomic mass is 32.1. The van der Waals surface area contributed by atoms with Crippen LogP contribution < -0.4 is 10.9 Å². The van der Waals surface area contributed by atoms with Gasteiger partial charge in [-0.25, -0.2) is 14.1 Å². The topological polar surface area (TPSA) is 79.8 Å². The largest absolute Gasteiger partial charge is 0.302 e. The Bertz CT molecular complexity index is 897. The minimum atomic E-state index is -0.367. The van der Waals surface area contributed by atoms with Gasteiger partial charge in [0.05, 0.1) is 5.69 Å². The molecule has 2 N–H and O–H groups in total. The van der Waals surface area contributed by atoms with Gasteiger partial charge >= 0.3 is 0 Å². The Morgan fingerprint density at radius 3 is 2.79 bits per heavy atom. The lowest BCUT2D eigenvalue weighted by Gasteiger charge is -2.01. The van der Waals surface area contributed by atoms with Crippen molar-refractivity contribution in [2.75, 3.05) is 5.32 Å². The molecule has 6 nitrogen and oxygen atoms in total. The van der Waals surface area contributed by atoms with Crippen LogP contribution in [0.4, 0.5) is 9.52 Å². The minimum Gasteiger partial charge on any atom is -0.302 e. The molecule has 1 aromatic carbocycles. The number of aryl methyl sites for hydroxylation is 1. The molecule has 0 bridgehead atoms. The van der Waals surface area contributed by atoms with Crippen molar-refractivity contribution in [1.29, 1.82) is 0 Å². The smallest absolute Gasteiger partial charge is 0.274 e. The van der Waals surface area contributed by atoms with Crippen LogP contribution in [-0.4, -0.2) is 20.7 Å². The van der Waals surface area contributed by atoms with Gasteiger partial charge in [0.15, 0.2) is 5.13 Å². The van der Waals surface area contributed by atoms with Crippen LogP contribution in [0.3, 0.4) is 0 Å². The van der Waals surface area contributed by atoms with E-state index in [2.05, 4.69) is 15.4 Å². The standard InChI is InChI=1S/C16H15FN4O2S/c1-10-13(6-7-14(22)19-16-18-8-9-24-16)15(23)21(20-10)12-4-2-11(17)3-5-12/h2-5,8-9,20H,6-7H2,1H3,(H,18,19,22). The Labute approximate surface area is 141 Å². The van der Waals surface area contributed by atoms with Crippen LogP contribution in [0.2, 0.25) is 0 Å². The molecule has 0 saturated heterocycles. The van der Waals surface area contributed by atoms with Crippen LogP contribution in [-0.2, 0) is 11.2 Å². The molecule has 24 heavy (non-hydrogen) atoms. The fourth-order valence-corrected chi connectivity index (χ4v) is 2.90. The van der Waals surface area contributed by atoms with Crippen molar-refractivity contribution >= 4 is 22.4 Å². The zero-order valence-corrected chi connectivity index (χ0v) is 13.7. The summed E-state index contributed by atoms with van der Waals surface area (Å²) in [4.78, 5) is 28.4. The van der Waals surface area contributed by atoms with Crippen molar-refractivity contribution < 1.29 is 9.18 Å². The summed E-state index contributed by atoms with van der Waals surface area (Å²) < 4.78 is 14.4. The number of aromatic nitrogens is 3. The summed E-state index contributed by atoms with van der Waals surface area (Å²) in [6, 6.07) is 5.62. The highest BCUT2D eigenvalue weighted by Crippen LogP contribution is 2.12. The number of thiazole rings is 1. The predicted octanol–water partition coefficient (Wildman–Crippen LogP) is 2.64. The number of carbonyl (C=O) groups is 1. The predicted molar refractivity (Wildman–Crippen MR) is 90.1 cm³/mol. The number of aromatic amines is 1. The van der Waals surface area contributed by atoms with Crippen molar-refractivity contribution in [3.8, 4) is 5.69 Å². The van der Waals surface area contributed by atoms with Crippen molar-refractivity contribution in [2.45, 2.75) is 19.8 Å². The molecule has 0 atom stereocenters. The average Bonchev–Trinajstić information content (AvgIpc) is 3.15. The Balaban J connectivity index is 1.73. The van der Waals surface area contributed by atoms with Gasteiger partial charge in [-0.3, -0.25) is 14.7 Å². The van der Waals surface area contributed by atoms with E-state index in [1.54, 1.807) is 18.5 Å². The van der Waals surface area contributed by atoms with E-state index < -0.39 is 0 Å². The van der Waals surface area contributed by atoms with Crippen LogP contribution in [0.1, 0.15) is 17.7 Å². The second kappa shape index (κ2) is 6.79. The zero-order valence-electron chi connectivity index (χ0n) is 12.9. The van der Waals surface area contributed by atoms with Gasteiger partial charge in [0.25, 0.3) is 5.56 Å². The Hall–Kier alpha value is -2.74. The van der Waals surface area contributed by atoms with E-state index in [-0.39, 0.29) is 23.7 Å². The number of benzene rings is 1. The first-order valence-electron chi connectivity index (χ1n) is 7.30. The molecular formula is C16H15FN4O2S. The number of nitrogens with zero attached hydrogens (tertiary/aromatic N) is 2. The molecule has 0 saturated carbocycles. The van der Waals surface area contributed by atoms with Gasteiger partial charge in [0.1, 0.15) is 5.82 Å². The van der Waals surface area contributed by atoms with Crippen molar-refractivity contribution in [3.63, 3.8) is 0 Å². The van der Waals surface area contributed by atoms with E-state index >= 15 is 0 Å². The molecular weight excluding hydrogens is 331 g/mol. The van der Waals surface area contributed by atoms with Crippen molar-refractivity contribution in [3.05, 3.63) is 63.3 Å². The van der Waals surface area contributed by atoms with Crippen molar-refractivity contribution in [2.24, 2.45) is 0 Å². The number of halogens is 1. The normalized spacial score (nSPS) is 10.8. The van der Waals surface area contributed by atoms with E-state index in [4.69, 9.17) is 0 Å². The highest BCUT2D eigenvalue weighted by Gasteiger charge is 2.14. The summed E-state index contributed by atoms with van der Waals surface area (Å²) in [6.45, 7) is 1.77. The summed E-state index contributed by atoms with van der Waals surface area (Å²) in [5.41, 5.74) is 1.53. The number of anilines is 1. The maximum atomic E-state index is 13.0. The number of carbonyl (C=O) groups excluding carboxylic acids is 1. The number of rotatable bonds is 5. The molecule has 0 unspecified atom stereocenters. The molecule has 0 aliphatic carbocycles. The van der Waals surface area contributed by atoms with E-state index in [0.29, 0.717) is 28.5 Å². The van der Waals surface area contributed by atoms with Crippen LogP contribution >= 0.6 is 11.3 Å². The summed E-state index contributed by atoms with van der Waals surface area (Å²) in [6.07, 6.45) is 2.10. The number of H-pyrrole nitrogens is 1. The Kier molecular flexibility index (Phi) is 4.57. The second-order valence-corrected chi connectivity index (χ2v) is 6.11. The first-order valence-corrected chi connectivity index (χ1v) is 8.18. The maximum Gasteiger partial charge on any atom is 0.274 e. The third-order valence-corrected chi connectivity index (χ3v) is 4.25. The second-order valence-electron chi connectivity index (χ2n) is 5.22. The van der Waals surface area contributed by atoms with Crippen LogP contribution in [0.5, 0.6) is 0 Å². The summed E-state index contributed by atoms with van der Waals surface area (Å²) >= 11 is 1.34. The van der Waals surface area contributed by atoms with E-state index in [1.165, 1.54) is 40.3 Å². The van der Waals surface area contributed by atoms with Gasteiger partial charge in [-0.05, 0) is 37.6 Å².